The van der Waals surface area contributed by atoms with Gasteiger partial charge in [-0.2, -0.15) is 0 Å². The minimum absolute atomic E-state index is 0.0354. The van der Waals surface area contributed by atoms with Crippen molar-refractivity contribution in [2.24, 2.45) is 0 Å². The van der Waals surface area contributed by atoms with Crippen molar-refractivity contribution in [2.75, 3.05) is 18.7 Å². The first-order chi connectivity index (χ1) is 14.3. The molecule has 2 aromatic rings. The molecule has 0 radical (unpaired) electrons. The normalized spacial score (nSPS) is 19.8. The summed E-state index contributed by atoms with van der Waals surface area (Å²) in [5, 5.41) is 5.26. The van der Waals surface area contributed by atoms with E-state index in [1.165, 1.54) is 12.1 Å². The molecule has 1 atom stereocenters. The predicted molar refractivity (Wildman–Crippen MR) is 105 cm³/mol. The highest BCUT2D eigenvalue weighted by Gasteiger charge is 2.49. The summed E-state index contributed by atoms with van der Waals surface area (Å²) in [5.74, 6) is -0.688. The molecular formula is C20H17ClFN3O5. The number of nitrogens with zero attached hydrogens (tertiary/aromatic N) is 1. The zero-order chi connectivity index (χ0) is 21.5. The third-order valence-corrected chi connectivity index (χ3v) is 5.23. The van der Waals surface area contributed by atoms with Crippen molar-refractivity contribution >= 4 is 35.1 Å². The van der Waals surface area contributed by atoms with Crippen molar-refractivity contribution in [3.8, 4) is 11.5 Å². The van der Waals surface area contributed by atoms with E-state index >= 15 is 0 Å². The second kappa shape index (κ2) is 7.49. The van der Waals surface area contributed by atoms with Crippen LogP contribution in [0.5, 0.6) is 11.5 Å². The van der Waals surface area contributed by atoms with Gasteiger partial charge in [0.05, 0.1) is 5.69 Å². The van der Waals surface area contributed by atoms with Gasteiger partial charge in [-0.15, -0.1) is 0 Å². The molecule has 1 saturated heterocycles. The number of nitrogens with one attached hydrogen (secondary N) is 2. The molecule has 0 aromatic heterocycles. The van der Waals surface area contributed by atoms with Crippen molar-refractivity contribution in [1.29, 1.82) is 0 Å². The van der Waals surface area contributed by atoms with Crippen LogP contribution in [0.3, 0.4) is 0 Å². The lowest BCUT2D eigenvalue weighted by atomic mass is 9.91. The van der Waals surface area contributed by atoms with E-state index in [9.17, 15) is 18.8 Å². The Bertz CT molecular complexity index is 1060. The quantitative estimate of drug-likeness (QED) is 0.706. The van der Waals surface area contributed by atoms with Gasteiger partial charge in [-0.3, -0.25) is 14.5 Å². The van der Waals surface area contributed by atoms with Crippen molar-refractivity contribution in [3.63, 3.8) is 0 Å². The summed E-state index contributed by atoms with van der Waals surface area (Å²) in [6.45, 7) is 1.50. The minimum atomic E-state index is -1.31. The molecule has 1 fully saturated rings. The van der Waals surface area contributed by atoms with E-state index in [-0.39, 0.29) is 30.5 Å². The number of hydrogen-bond donors (Lipinski definition) is 2. The highest BCUT2D eigenvalue weighted by Crippen LogP contribution is 2.37. The maximum Gasteiger partial charge on any atom is 0.325 e. The van der Waals surface area contributed by atoms with Crippen molar-refractivity contribution < 1.29 is 28.2 Å². The van der Waals surface area contributed by atoms with Crippen LogP contribution in [0, 0.1) is 5.82 Å². The highest BCUT2D eigenvalue weighted by atomic mass is 35.5. The van der Waals surface area contributed by atoms with Crippen molar-refractivity contribution in [2.45, 2.75) is 18.9 Å². The summed E-state index contributed by atoms with van der Waals surface area (Å²) in [4.78, 5) is 38.5. The number of fused-ring (bicyclic) bond motifs is 1. The largest absolute Gasteiger partial charge is 0.454 e. The standard InChI is InChI=1S/C20H17ClFN3O5/c1-20(11-2-5-15-16(8-11)30-10-29-15)18(27)25(19(28)24-20)7-6-17(26)23-14-4-3-12(21)9-13(14)22/h2-5,8-9H,6-7,10H2,1H3,(H,23,26)(H,24,28)/t20-/m0/s1. The van der Waals surface area contributed by atoms with Crippen LogP contribution in [0.15, 0.2) is 36.4 Å². The zero-order valence-corrected chi connectivity index (χ0v) is 16.6. The van der Waals surface area contributed by atoms with E-state index in [4.69, 9.17) is 21.1 Å². The Labute approximate surface area is 175 Å². The second-order valence-corrected chi connectivity index (χ2v) is 7.44. The molecule has 2 aliphatic heterocycles. The fourth-order valence-corrected chi connectivity index (χ4v) is 3.48. The molecule has 2 aliphatic rings. The summed E-state index contributed by atoms with van der Waals surface area (Å²) in [6.07, 6.45) is -0.196. The molecular weight excluding hydrogens is 417 g/mol. The summed E-state index contributed by atoms with van der Waals surface area (Å²) in [5.41, 5.74) is -0.816. The number of rotatable bonds is 5. The molecule has 2 aromatic carbocycles. The van der Waals surface area contributed by atoms with Crippen LogP contribution < -0.4 is 20.1 Å². The third kappa shape index (κ3) is 3.52. The number of halogens is 2. The summed E-state index contributed by atoms with van der Waals surface area (Å²) in [6, 6.07) is 8.20. The molecule has 0 bridgehead atoms. The van der Waals surface area contributed by atoms with Crippen molar-refractivity contribution in [1.82, 2.24) is 10.2 Å². The Hall–Kier alpha value is -3.33. The number of imide groups is 1. The van der Waals surface area contributed by atoms with Crippen LogP contribution in [0.1, 0.15) is 18.9 Å². The number of anilines is 1. The van der Waals surface area contributed by atoms with Crippen molar-refractivity contribution in [3.05, 3.63) is 52.8 Å². The maximum absolute atomic E-state index is 13.8. The highest BCUT2D eigenvalue weighted by molar-refractivity contribution is 6.30. The maximum atomic E-state index is 13.8. The molecule has 8 nitrogen and oxygen atoms in total. The lowest BCUT2D eigenvalue weighted by molar-refractivity contribution is -0.131. The Morgan fingerprint density at radius 2 is 2.00 bits per heavy atom. The van der Waals surface area contributed by atoms with Gasteiger partial charge in [-0.25, -0.2) is 9.18 Å². The third-order valence-electron chi connectivity index (χ3n) is 4.99. The van der Waals surface area contributed by atoms with E-state index in [0.29, 0.717) is 17.1 Å². The smallest absolute Gasteiger partial charge is 0.325 e. The minimum Gasteiger partial charge on any atom is -0.454 e. The van der Waals surface area contributed by atoms with E-state index in [0.717, 1.165) is 11.0 Å². The number of amides is 4. The first-order valence-electron chi connectivity index (χ1n) is 9.07. The molecule has 4 rings (SSSR count). The molecule has 2 N–H and O–H groups in total. The molecule has 0 unspecified atom stereocenters. The number of carbonyl (C=O) groups excluding carboxylic acids is 3. The first-order valence-corrected chi connectivity index (χ1v) is 9.45. The van der Waals surface area contributed by atoms with Gasteiger partial charge in [0.25, 0.3) is 5.91 Å². The first kappa shape index (κ1) is 20.0. The number of urea groups is 1. The summed E-state index contributed by atoms with van der Waals surface area (Å²) in [7, 11) is 0. The van der Waals surface area contributed by atoms with E-state index in [2.05, 4.69) is 10.6 Å². The van der Waals surface area contributed by atoms with Crippen LogP contribution in [-0.4, -0.2) is 36.1 Å². The van der Waals surface area contributed by atoms with Crippen LogP contribution in [-0.2, 0) is 15.1 Å². The van der Waals surface area contributed by atoms with Gasteiger partial charge in [0.1, 0.15) is 11.4 Å². The number of benzene rings is 2. The van der Waals surface area contributed by atoms with Gasteiger partial charge in [0, 0.05) is 18.0 Å². The molecule has 156 valence electrons. The van der Waals surface area contributed by atoms with Crippen LogP contribution in [0.2, 0.25) is 5.02 Å². The molecule has 10 heteroatoms. The lowest BCUT2D eigenvalue weighted by Crippen LogP contribution is -2.41. The van der Waals surface area contributed by atoms with E-state index in [1.54, 1.807) is 25.1 Å². The van der Waals surface area contributed by atoms with E-state index in [1.807, 2.05) is 0 Å². The SMILES string of the molecule is C[C@@]1(c2ccc3c(c2)OCO3)NC(=O)N(CCC(=O)Nc2ccc(Cl)cc2F)C1=O. The Morgan fingerprint density at radius 3 is 2.77 bits per heavy atom. The monoisotopic (exact) mass is 433 g/mol. The molecule has 30 heavy (non-hydrogen) atoms. The van der Waals surface area contributed by atoms with Gasteiger partial charge >= 0.3 is 6.03 Å². The second-order valence-electron chi connectivity index (χ2n) is 7.00. The topological polar surface area (TPSA) is 97.0 Å². The van der Waals surface area contributed by atoms with Crippen LogP contribution in [0.4, 0.5) is 14.9 Å². The van der Waals surface area contributed by atoms with Gasteiger partial charge in [0.2, 0.25) is 12.7 Å². The van der Waals surface area contributed by atoms with Crippen LogP contribution in [0.25, 0.3) is 0 Å². The number of carbonyl (C=O) groups is 3. The summed E-state index contributed by atoms with van der Waals surface area (Å²) < 4.78 is 24.4. The molecule has 0 saturated carbocycles. The fraction of sp³-hybridized carbons (Fsp3) is 0.250. The fourth-order valence-electron chi connectivity index (χ4n) is 3.32. The average molecular weight is 434 g/mol. The summed E-state index contributed by atoms with van der Waals surface area (Å²) >= 11 is 5.69. The Kier molecular flexibility index (Phi) is 4.98. The van der Waals surface area contributed by atoms with Gasteiger partial charge in [-0.1, -0.05) is 17.7 Å². The zero-order valence-electron chi connectivity index (χ0n) is 15.8. The van der Waals surface area contributed by atoms with E-state index < -0.39 is 29.2 Å². The number of hydrogen-bond acceptors (Lipinski definition) is 5. The van der Waals surface area contributed by atoms with Gasteiger partial charge in [0.15, 0.2) is 11.5 Å². The molecule has 4 amide bonds. The molecule has 0 aliphatic carbocycles. The Balaban J connectivity index is 1.43. The Morgan fingerprint density at radius 1 is 1.23 bits per heavy atom. The number of ether oxygens (including phenoxy) is 2. The molecule has 0 spiro atoms. The average Bonchev–Trinajstić information content (AvgIpc) is 3.25. The van der Waals surface area contributed by atoms with Crippen LogP contribution >= 0.6 is 11.6 Å². The van der Waals surface area contributed by atoms with Gasteiger partial charge < -0.3 is 20.1 Å². The van der Waals surface area contributed by atoms with Gasteiger partial charge in [-0.05, 0) is 42.8 Å². The molecule has 2 heterocycles. The lowest BCUT2D eigenvalue weighted by Gasteiger charge is -2.22. The predicted octanol–water partition coefficient (Wildman–Crippen LogP) is 3.00.